The Kier molecular flexibility index (Phi) is 4.64. The van der Waals surface area contributed by atoms with Gasteiger partial charge in [0.1, 0.15) is 11.3 Å². The number of anilines is 1. The Hall–Kier alpha value is -1.53. The van der Waals surface area contributed by atoms with Gasteiger partial charge in [-0.25, -0.2) is 4.98 Å². The lowest BCUT2D eigenvalue weighted by Crippen LogP contribution is -2.21. The lowest BCUT2D eigenvalue weighted by Gasteiger charge is -2.20. The lowest BCUT2D eigenvalue weighted by molar-refractivity contribution is 0.470. The van der Waals surface area contributed by atoms with E-state index in [1.165, 1.54) is 0 Å². The van der Waals surface area contributed by atoms with E-state index in [-0.39, 0.29) is 5.75 Å². The van der Waals surface area contributed by atoms with Gasteiger partial charge in [0, 0.05) is 29.3 Å². The predicted molar refractivity (Wildman–Crippen MR) is 100 cm³/mol. The number of rotatable bonds is 4. The number of halogens is 2. The summed E-state index contributed by atoms with van der Waals surface area (Å²) in [5, 5.41) is 10.2. The molecule has 4 nitrogen and oxygen atoms in total. The summed E-state index contributed by atoms with van der Waals surface area (Å²) in [5.74, 6) is 0.514. The van der Waals surface area contributed by atoms with Gasteiger partial charge in [-0.3, -0.25) is 0 Å². The molecule has 0 bridgehead atoms. The van der Waals surface area contributed by atoms with Gasteiger partial charge < -0.3 is 14.4 Å². The van der Waals surface area contributed by atoms with Crippen molar-refractivity contribution in [1.29, 1.82) is 0 Å². The Morgan fingerprint density at radius 2 is 1.87 bits per heavy atom. The number of aromatic nitrogens is 1. The standard InChI is InChI=1S/C17H16Br2N2O2/c1-3-21(4-2)11-5-6-14-15(9-11)23-17(20-14)12-7-10(18)8-13(19)16(12)22/h5-9,22H,3-4H2,1-2H3. The number of hydrogen-bond acceptors (Lipinski definition) is 4. The molecule has 0 aliphatic rings. The second kappa shape index (κ2) is 6.53. The van der Waals surface area contributed by atoms with Crippen LogP contribution in [-0.2, 0) is 0 Å². The average molecular weight is 440 g/mol. The molecule has 1 heterocycles. The first-order chi connectivity index (χ1) is 11.0. The molecule has 0 saturated heterocycles. The minimum Gasteiger partial charge on any atom is -0.506 e. The molecular weight excluding hydrogens is 424 g/mol. The Balaban J connectivity index is 2.11. The molecule has 0 aliphatic heterocycles. The maximum Gasteiger partial charge on any atom is 0.231 e. The molecule has 6 heteroatoms. The number of aromatic hydroxyl groups is 1. The monoisotopic (exact) mass is 438 g/mol. The van der Waals surface area contributed by atoms with Crippen molar-refractivity contribution in [3.05, 3.63) is 39.3 Å². The largest absolute Gasteiger partial charge is 0.506 e. The van der Waals surface area contributed by atoms with E-state index in [9.17, 15) is 5.11 Å². The van der Waals surface area contributed by atoms with Gasteiger partial charge in [0.25, 0.3) is 0 Å². The van der Waals surface area contributed by atoms with Crippen LogP contribution in [0.2, 0.25) is 0 Å². The molecule has 0 unspecified atom stereocenters. The van der Waals surface area contributed by atoms with Crippen LogP contribution >= 0.6 is 31.9 Å². The van der Waals surface area contributed by atoms with Crippen LogP contribution in [-0.4, -0.2) is 23.2 Å². The van der Waals surface area contributed by atoms with Gasteiger partial charge in [0.05, 0.1) is 10.0 Å². The molecule has 23 heavy (non-hydrogen) atoms. The smallest absolute Gasteiger partial charge is 0.231 e. The van der Waals surface area contributed by atoms with Gasteiger partial charge in [-0.1, -0.05) is 15.9 Å². The Bertz CT molecular complexity index is 857. The lowest BCUT2D eigenvalue weighted by atomic mass is 10.2. The van der Waals surface area contributed by atoms with E-state index in [1.54, 1.807) is 12.1 Å². The number of oxazole rings is 1. The summed E-state index contributed by atoms with van der Waals surface area (Å²) in [6.07, 6.45) is 0. The van der Waals surface area contributed by atoms with E-state index in [0.29, 0.717) is 21.5 Å². The van der Waals surface area contributed by atoms with Crippen molar-refractivity contribution < 1.29 is 9.52 Å². The topological polar surface area (TPSA) is 49.5 Å². The molecule has 1 N–H and O–H groups in total. The average Bonchev–Trinajstić information content (AvgIpc) is 2.95. The fraction of sp³-hybridized carbons (Fsp3) is 0.235. The zero-order valence-corrected chi connectivity index (χ0v) is 16.0. The maximum atomic E-state index is 10.2. The Labute approximate surface area is 151 Å². The summed E-state index contributed by atoms with van der Waals surface area (Å²) >= 11 is 6.75. The molecule has 3 rings (SSSR count). The fourth-order valence-electron chi connectivity index (χ4n) is 2.54. The molecular formula is C17H16Br2N2O2. The van der Waals surface area contributed by atoms with Crippen LogP contribution in [0.3, 0.4) is 0 Å². The number of hydrogen-bond donors (Lipinski definition) is 1. The molecule has 0 radical (unpaired) electrons. The summed E-state index contributed by atoms with van der Waals surface area (Å²) in [6, 6.07) is 9.54. The quantitative estimate of drug-likeness (QED) is 0.577. The van der Waals surface area contributed by atoms with Crippen LogP contribution < -0.4 is 4.90 Å². The molecule has 0 saturated carbocycles. The first-order valence-electron chi connectivity index (χ1n) is 7.37. The first-order valence-corrected chi connectivity index (χ1v) is 8.96. The molecule has 1 aromatic heterocycles. The van der Waals surface area contributed by atoms with Crippen molar-refractivity contribution in [2.75, 3.05) is 18.0 Å². The fourth-order valence-corrected chi connectivity index (χ4v) is 3.77. The zero-order valence-electron chi connectivity index (χ0n) is 12.8. The number of fused-ring (bicyclic) bond motifs is 1. The third-order valence-electron chi connectivity index (χ3n) is 3.76. The van der Waals surface area contributed by atoms with Crippen LogP contribution in [0, 0.1) is 0 Å². The summed E-state index contributed by atoms with van der Waals surface area (Å²) in [5.41, 5.74) is 3.13. The Morgan fingerprint density at radius 3 is 2.57 bits per heavy atom. The van der Waals surface area contributed by atoms with Crippen molar-refractivity contribution in [2.45, 2.75) is 13.8 Å². The summed E-state index contributed by atoms with van der Waals surface area (Å²) in [4.78, 5) is 6.74. The maximum absolute atomic E-state index is 10.2. The van der Waals surface area contributed by atoms with Crippen molar-refractivity contribution in [3.8, 4) is 17.2 Å². The molecule has 0 atom stereocenters. The number of phenols is 1. The molecule has 0 aliphatic carbocycles. The Morgan fingerprint density at radius 1 is 1.13 bits per heavy atom. The van der Waals surface area contributed by atoms with Crippen LogP contribution in [0.25, 0.3) is 22.6 Å². The SMILES string of the molecule is CCN(CC)c1ccc2nc(-c3cc(Br)cc(Br)c3O)oc2c1. The van der Waals surface area contributed by atoms with Gasteiger partial charge >= 0.3 is 0 Å². The van der Waals surface area contributed by atoms with E-state index in [1.807, 2.05) is 18.2 Å². The first kappa shape index (κ1) is 16.3. The van der Waals surface area contributed by atoms with Gasteiger partial charge in [0.15, 0.2) is 5.58 Å². The molecule has 0 fully saturated rings. The third-order valence-corrected chi connectivity index (χ3v) is 4.82. The molecule has 120 valence electrons. The predicted octanol–water partition coefficient (Wildman–Crippen LogP) is 5.57. The molecule has 2 aromatic carbocycles. The molecule has 0 spiro atoms. The summed E-state index contributed by atoms with van der Waals surface area (Å²) in [7, 11) is 0. The zero-order chi connectivity index (χ0) is 16.6. The van der Waals surface area contributed by atoms with Gasteiger partial charge in [-0.05, 0) is 54.0 Å². The number of benzene rings is 2. The van der Waals surface area contributed by atoms with E-state index >= 15 is 0 Å². The highest BCUT2D eigenvalue weighted by Gasteiger charge is 2.16. The third kappa shape index (κ3) is 3.10. The molecule has 0 amide bonds. The summed E-state index contributed by atoms with van der Waals surface area (Å²) in [6.45, 7) is 6.11. The molecule has 3 aromatic rings. The minimum atomic E-state index is 0.115. The number of phenolic OH excluding ortho intramolecular Hbond substituents is 1. The van der Waals surface area contributed by atoms with Crippen molar-refractivity contribution in [1.82, 2.24) is 4.98 Å². The van der Waals surface area contributed by atoms with Gasteiger partial charge in [-0.15, -0.1) is 0 Å². The summed E-state index contributed by atoms with van der Waals surface area (Å²) < 4.78 is 7.31. The van der Waals surface area contributed by atoms with E-state index in [2.05, 4.69) is 55.6 Å². The van der Waals surface area contributed by atoms with Crippen molar-refractivity contribution >= 4 is 48.6 Å². The van der Waals surface area contributed by atoms with Crippen LogP contribution in [0.15, 0.2) is 43.7 Å². The minimum absolute atomic E-state index is 0.115. The highest BCUT2D eigenvalue weighted by Crippen LogP contribution is 2.39. The second-order valence-corrected chi connectivity index (χ2v) is 6.90. The van der Waals surface area contributed by atoms with Gasteiger partial charge in [-0.2, -0.15) is 0 Å². The van der Waals surface area contributed by atoms with E-state index < -0.39 is 0 Å². The van der Waals surface area contributed by atoms with Crippen LogP contribution in [0.4, 0.5) is 5.69 Å². The highest BCUT2D eigenvalue weighted by atomic mass is 79.9. The normalized spacial score (nSPS) is 11.1. The highest BCUT2D eigenvalue weighted by molar-refractivity contribution is 9.11. The van der Waals surface area contributed by atoms with E-state index in [0.717, 1.165) is 28.8 Å². The van der Waals surface area contributed by atoms with Crippen molar-refractivity contribution in [2.24, 2.45) is 0 Å². The van der Waals surface area contributed by atoms with Gasteiger partial charge in [0.2, 0.25) is 5.89 Å². The van der Waals surface area contributed by atoms with Crippen LogP contribution in [0.1, 0.15) is 13.8 Å². The van der Waals surface area contributed by atoms with Crippen molar-refractivity contribution in [3.63, 3.8) is 0 Å². The second-order valence-electron chi connectivity index (χ2n) is 5.13. The van der Waals surface area contributed by atoms with E-state index in [4.69, 9.17) is 4.42 Å². The van der Waals surface area contributed by atoms with Crippen LogP contribution in [0.5, 0.6) is 5.75 Å². The number of nitrogens with zero attached hydrogens (tertiary/aromatic N) is 2.